The van der Waals surface area contributed by atoms with E-state index in [9.17, 15) is 22.8 Å². The summed E-state index contributed by atoms with van der Waals surface area (Å²) in [5, 5.41) is 2.58. The molecule has 30 heavy (non-hydrogen) atoms. The summed E-state index contributed by atoms with van der Waals surface area (Å²) in [6.45, 7) is 4.98. The van der Waals surface area contributed by atoms with Crippen LogP contribution in [0.5, 0.6) is 0 Å². The molecule has 0 bridgehead atoms. The van der Waals surface area contributed by atoms with Crippen LogP contribution in [0.2, 0.25) is 0 Å². The standard InChI is InChI=1S/C22H20F3N3O2/c1-14-16-6-2-3-7-17(16)21(30)28(14)13-20(29)26-18-12-15(22(23,24)25)8-9-19(18)27-10-4-5-11-27/h2-3,6-9,12H,1,4-5,10-11,13H2,(H,26,29). The number of nitrogens with zero attached hydrogens (tertiary/aromatic N) is 2. The first-order valence-electron chi connectivity index (χ1n) is 9.62. The van der Waals surface area contributed by atoms with Crippen LogP contribution in [0.25, 0.3) is 5.70 Å². The third kappa shape index (κ3) is 3.65. The Balaban J connectivity index is 1.57. The molecule has 4 rings (SSSR count). The highest BCUT2D eigenvalue weighted by atomic mass is 19.4. The van der Waals surface area contributed by atoms with Crippen molar-refractivity contribution in [2.75, 3.05) is 29.9 Å². The average Bonchev–Trinajstić information content (AvgIpc) is 3.31. The van der Waals surface area contributed by atoms with Gasteiger partial charge in [-0.15, -0.1) is 0 Å². The van der Waals surface area contributed by atoms with Gasteiger partial charge in [-0.2, -0.15) is 13.2 Å². The summed E-state index contributed by atoms with van der Waals surface area (Å²) >= 11 is 0. The fourth-order valence-corrected chi connectivity index (χ4v) is 3.88. The molecule has 2 aromatic carbocycles. The second kappa shape index (κ2) is 7.51. The van der Waals surface area contributed by atoms with Gasteiger partial charge in [-0.1, -0.05) is 24.8 Å². The highest BCUT2D eigenvalue weighted by molar-refractivity contribution is 6.11. The van der Waals surface area contributed by atoms with Gasteiger partial charge in [0.2, 0.25) is 5.91 Å². The van der Waals surface area contributed by atoms with E-state index >= 15 is 0 Å². The number of rotatable bonds is 4. The molecule has 156 valence electrons. The van der Waals surface area contributed by atoms with Crippen molar-refractivity contribution in [1.29, 1.82) is 0 Å². The van der Waals surface area contributed by atoms with Crippen LogP contribution >= 0.6 is 0 Å². The maximum Gasteiger partial charge on any atom is 0.416 e. The van der Waals surface area contributed by atoms with Gasteiger partial charge in [-0.25, -0.2) is 0 Å². The molecule has 0 radical (unpaired) electrons. The molecule has 2 amide bonds. The second-order valence-corrected chi connectivity index (χ2v) is 7.36. The van der Waals surface area contributed by atoms with Crippen molar-refractivity contribution in [3.63, 3.8) is 0 Å². The zero-order valence-corrected chi connectivity index (χ0v) is 16.1. The smallest absolute Gasteiger partial charge is 0.370 e. The summed E-state index contributed by atoms with van der Waals surface area (Å²) in [7, 11) is 0. The van der Waals surface area contributed by atoms with E-state index in [2.05, 4.69) is 11.9 Å². The summed E-state index contributed by atoms with van der Waals surface area (Å²) in [4.78, 5) is 28.5. The van der Waals surface area contributed by atoms with Crippen molar-refractivity contribution in [3.05, 3.63) is 65.7 Å². The van der Waals surface area contributed by atoms with Crippen LogP contribution in [-0.4, -0.2) is 36.3 Å². The van der Waals surface area contributed by atoms with Crippen molar-refractivity contribution in [2.24, 2.45) is 0 Å². The molecule has 1 saturated heterocycles. The second-order valence-electron chi connectivity index (χ2n) is 7.36. The van der Waals surface area contributed by atoms with Gasteiger partial charge in [-0.05, 0) is 37.1 Å². The molecule has 2 aliphatic rings. The minimum absolute atomic E-state index is 0.0893. The summed E-state index contributed by atoms with van der Waals surface area (Å²) < 4.78 is 39.6. The van der Waals surface area contributed by atoms with Crippen molar-refractivity contribution in [3.8, 4) is 0 Å². The van der Waals surface area contributed by atoms with Crippen LogP contribution in [0.1, 0.15) is 34.3 Å². The lowest BCUT2D eigenvalue weighted by molar-refractivity contribution is -0.137. The Labute approximate surface area is 171 Å². The van der Waals surface area contributed by atoms with Crippen LogP contribution in [0.3, 0.4) is 0 Å². The van der Waals surface area contributed by atoms with Crippen molar-refractivity contribution < 1.29 is 22.8 Å². The monoisotopic (exact) mass is 415 g/mol. The Morgan fingerprint density at radius 3 is 2.37 bits per heavy atom. The van der Waals surface area contributed by atoms with Crippen molar-refractivity contribution >= 4 is 28.9 Å². The van der Waals surface area contributed by atoms with Gasteiger partial charge >= 0.3 is 6.18 Å². The molecule has 2 heterocycles. The molecule has 8 heteroatoms. The molecule has 0 spiro atoms. The van der Waals surface area contributed by atoms with Gasteiger partial charge in [0.05, 0.1) is 16.9 Å². The molecular weight excluding hydrogens is 395 g/mol. The van der Waals surface area contributed by atoms with Crippen LogP contribution < -0.4 is 10.2 Å². The van der Waals surface area contributed by atoms with Crippen LogP contribution in [0, 0.1) is 0 Å². The number of benzene rings is 2. The first kappa shape index (κ1) is 20.0. The number of amides is 2. The Hall–Kier alpha value is -3.29. The van der Waals surface area contributed by atoms with E-state index in [0.717, 1.165) is 25.0 Å². The van der Waals surface area contributed by atoms with E-state index in [1.165, 1.54) is 11.0 Å². The number of carbonyl (C=O) groups excluding carboxylic acids is 2. The molecule has 2 aromatic rings. The van der Waals surface area contributed by atoms with E-state index in [-0.39, 0.29) is 18.1 Å². The Kier molecular flexibility index (Phi) is 5.01. The lowest BCUT2D eigenvalue weighted by atomic mass is 10.1. The number of alkyl halides is 3. The summed E-state index contributed by atoms with van der Waals surface area (Å²) in [5.74, 6) is -0.938. The fraction of sp³-hybridized carbons (Fsp3) is 0.273. The topological polar surface area (TPSA) is 52.7 Å². The highest BCUT2D eigenvalue weighted by Gasteiger charge is 2.34. The highest BCUT2D eigenvalue weighted by Crippen LogP contribution is 2.37. The van der Waals surface area contributed by atoms with E-state index in [1.54, 1.807) is 24.3 Å². The molecule has 2 aliphatic heterocycles. The number of anilines is 2. The van der Waals surface area contributed by atoms with Gasteiger partial charge in [0.25, 0.3) is 5.91 Å². The minimum atomic E-state index is -4.52. The van der Waals surface area contributed by atoms with Gasteiger partial charge in [-0.3, -0.25) is 14.5 Å². The predicted octanol–water partition coefficient (Wildman–Crippen LogP) is 4.37. The molecule has 0 unspecified atom stereocenters. The van der Waals surface area contributed by atoms with Crippen molar-refractivity contribution in [1.82, 2.24) is 4.90 Å². The van der Waals surface area contributed by atoms with E-state index < -0.39 is 17.6 Å². The number of fused-ring (bicyclic) bond motifs is 1. The molecule has 1 N–H and O–H groups in total. The van der Waals surface area contributed by atoms with Crippen molar-refractivity contribution in [2.45, 2.75) is 19.0 Å². The molecular formula is C22H20F3N3O2. The van der Waals surface area contributed by atoms with Gasteiger partial charge in [0, 0.05) is 29.9 Å². The van der Waals surface area contributed by atoms with Crippen LogP contribution in [0.4, 0.5) is 24.5 Å². The number of hydrogen-bond acceptors (Lipinski definition) is 3. The maximum absolute atomic E-state index is 13.2. The number of halogens is 3. The zero-order valence-electron chi connectivity index (χ0n) is 16.1. The first-order valence-corrected chi connectivity index (χ1v) is 9.62. The Morgan fingerprint density at radius 2 is 1.73 bits per heavy atom. The third-order valence-electron chi connectivity index (χ3n) is 5.39. The van der Waals surface area contributed by atoms with Gasteiger partial charge in [0.1, 0.15) is 6.54 Å². The number of carbonyl (C=O) groups is 2. The largest absolute Gasteiger partial charge is 0.416 e. The molecule has 0 saturated carbocycles. The SMILES string of the molecule is C=C1c2ccccc2C(=O)N1CC(=O)Nc1cc(C(F)(F)F)ccc1N1CCCC1. The molecule has 0 atom stereocenters. The Morgan fingerprint density at radius 1 is 1.07 bits per heavy atom. The van der Waals surface area contributed by atoms with Gasteiger partial charge in [0.15, 0.2) is 0 Å². The molecule has 1 fully saturated rings. The van der Waals surface area contributed by atoms with Crippen LogP contribution in [-0.2, 0) is 11.0 Å². The average molecular weight is 415 g/mol. The normalized spacial score (nSPS) is 16.2. The van der Waals surface area contributed by atoms with E-state index in [4.69, 9.17) is 0 Å². The molecule has 5 nitrogen and oxygen atoms in total. The fourth-order valence-electron chi connectivity index (χ4n) is 3.88. The van der Waals surface area contributed by atoms with Gasteiger partial charge < -0.3 is 10.2 Å². The summed E-state index contributed by atoms with van der Waals surface area (Å²) in [5.41, 5.74) is 1.29. The molecule has 0 aliphatic carbocycles. The predicted molar refractivity (Wildman–Crippen MR) is 108 cm³/mol. The summed E-state index contributed by atoms with van der Waals surface area (Å²) in [6.07, 6.45) is -2.65. The van der Waals surface area contributed by atoms with Crippen LogP contribution in [0.15, 0.2) is 49.0 Å². The Bertz CT molecular complexity index is 992. The minimum Gasteiger partial charge on any atom is -0.370 e. The number of nitrogens with one attached hydrogen (secondary N) is 1. The zero-order chi connectivity index (χ0) is 21.5. The number of hydrogen-bond donors (Lipinski definition) is 1. The van der Waals surface area contributed by atoms with E-state index in [0.29, 0.717) is 35.6 Å². The van der Waals surface area contributed by atoms with E-state index in [1.807, 2.05) is 4.90 Å². The first-order chi connectivity index (χ1) is 14.3. The maximum atomic E-state index is 13.2. The molecule has 0 aromatic heterocycles. The lowest BCUT2D eigenvalue weighted by Gasteiger charge is -2.24. The lowest BCUT2D eigenvalue weighted by Crippen LogP contribution is -2.33. The summed E-state index contributed by atoms with van der Waals surface area (Å²) in [6, 6.07) is 10.2. The quantitative estimate of drug-likeness (QED) is 0.807. The third-order valence-corrected chi connectivity index (χ3v) is 5.39.